The lowest BCUT2D eigenvalue weighted by molar-refractivity contribution is 0.0935. The topological polar surface area (TPSA) is 86.2 Å². The van der Waals surface area contributed by atoms with E-state index < -0.39 is 0 Å². The summed E-state index contributed by atoms with van der Waals surface area (Å²) in [5.74, 6) is 1.19. The van der Waals surface area contributed by atoms with E-state index in [2.05, 4.69) is 26.6 Å². The number of benzene rings is 2. The van der Waals surface area contributed by atoms with Gasteiger partial charge in [-0.2, -0.15) is 0 Å². The second-order valence-corrected chi connectivity index (χ2v) is 8.27. The highest BCUT2D eigenvalue weighted by Gasteiger charge is 2.24. The van der Waals surface area contributed by atoms with E-state index in [0.717, 1.165) is 44.7 Å². The molecule has 7 heteroatoms. The lowest BCUT2D eigenvalue weighted by atomic mass is 10.0. The summed E-state index contributed by atoms with van der Waals surface area (Å²) in [4.78, 5) is 17.6. The van der Waals surface area contributed by atoms with Crippen LogP contribution in [0.25, 0.3) is 22.2 Å². The molecule has 33 heavy (non-hydrogen) atoms. The fourth-order valence-electron chi connectivity index (χ4n) is 4.14. The average Bonchev–Trinajstić information content (AvgIpc) is 3.24. The summed E-state index contributed by atoms with van der Waals surface area (Å²) in [7, 11) is 1.56. The zero-order valence-corrected chi connectivity index (χ0v) is 18.8. The van der Waals surface area contributed by atoms with Crippen LogP contribution < -0.4 is 14.8 Å². The third kappa shape index (κ3) is 4.22. The minimum absolute atomic E-state index is 0.121. The van der Waals surface area contributed by atoms with Gasteiger partial charge in [0.25, 0.3) is 5.91 Å². The molecule has 2 aromatic carbocycles. The normalized spacial score (nSPS) is 14.6. The van der Waals surface area contributed by atoms with Crippen molar-refractivity contribution in [3.05, 3.63) is 77.0 Å². The Morgan fingerprint density at radius 1 is 1.09 bits per heavy atom. The van der Waals surface area contributed by atoms with Crippen molar-refractivity contribution in [2.24, 2.45) is 0 Å². The standard InChI is InChI=1S/C26H24N4O3/c1-15-4-6-23-20(10-15)21(11-16(2)28-23)26(31)27-14-19-13-18-12-17(5-8-24(18)33-19)22-7-9-25(32-3)30-29-22/h4-12,19H,13-14H2,1-3H3,(H,27,31). The first-order chi connectivity index (χ1) is 16.0. The number of fused-ring (bicyclic) bond motifs is 2. The Hall–Kier alpha value is -4.00. The molecule has 166 valence electrons. The highest BCUT2D eigenvalue weighted by atomic mass is 16.5. The maximum Gasteiger partial charge on any atom is 0.252 e. The number of aryl methyl sites for hydroxylation is 2. The van der Waals surface area contributed by atoms with Crippen molar-refractivity contribution in [2.45, 2.75) is 26.4 Å². The average molecular weight is 441 g/mol. The Balaban J connectivity index is 1.28. The number of pyridine rings is 1. The molecule has 1 aliphatic heterocycles. The molecule has 0 fully saturated rings. The van der Waals surface area contributed by atoms with Crippen LogP contribution in [0.3, 0.4) is 0 Å². The van der Waals surface area contributed by atoms with Gasteiger partial charge in [0, 0.05) is 29.1 Å². The smallest absolute Gasteiger partial charge is 0.252 e. The zero-order chi connectivity index (χ0) is 22.9. The SMILES string of the molecule is COc1ccc(-c2ccc3c(c2)CC(CNC(=O)c2cc(C)nc4ccc(C)cc24)O3)nn1. The van der Waals surface area contributed by atoms with E-state index in [1.165, 1.54) is 0 Å². The third-order valence-corrected chi connectivity index (χ3v) is 5.77. The number of nitrogens with one attached hydrogen (secondary N) is 1. The highest BCUT2D eigenvalue weighted by Crippen LogP contribution is 2.32. The molecule has 0 radical (unpaired) electrons. The predicted octanol–water partition coefficient (Wildman–Crippen LogP) is 4.05. The van der Waals surface area contributed by atoms with Gasteiger partial charge in [0.15, 0.2) is 0 Å². The van der Waals surface area contributed by atoms with Crippen LogP contribution in [-0.2, 0) is 6.42 Å². The summed E-state index contributed by atoms with van der Waals surface area (Å²) in [5.41, 5.74) is 6.19. The molecular formula is C26H24N4O3. The Morgan fingerprint density at radius 3 is 2.76 bits per heavy atom. The summed E-state index contributed by atoms with van der Waals surface area (Å²) in [5, 5.41) is 12.2. The van der Waals surface area contributed by atoms with Gasteiger partial charge in [-0.15, -0.1) is 10.2 Å². The molecule has 1 atom stereocenters. The van der Waals surface area contributed by atoms with Crippen LogP contribution in [0.2, 0.25) is 0 Å². The monoisotopic (exact) mass is 440 g/mol. The summed E-state index contributed by atoms with van der Waals surface area (Å²) in [6, 6.07) is 17.4. The number of hydrogen-bond acceptors (Lipinski definition) is 6. The number of aromatic nitrogens is 3. The second kappa shape index (κ2) is 8.50. The maximum absolute atomic E-state index is 13.0. The van der Waals surface area contributed by atoms with E-state index in [1.54, 1.807) is 13.2 Å². The fourth-order valence-corrected chi connectivity index (χ4v) is 4.14. The molecule has 4 aromatic rings. The molecule has 3 heterocycles. The molecular weight excluding hydrogens is 416 g/mol. The lowest BCUT2D eigenvalue weighted by Crippen LogP contribution is -2.34. The first-order valence-electron chi connectivity index (χ1n) is 10.8. The van der Waals surface area contributed by atoms with E-state index in [4.69, 9.17) is 9.47 Å². The zero-order valence-electron chi connectivity index (χ0n) is 18.8. The Bertz CT molecular complexity index is 1350. The Morgan fingerprint density at radius 2 is 1.97 bits per heavy atom. The van der Waals surface area contributed by atoms with E-state index in [1.807, 2.05) is 56.3 Å². The molecule has 7 nitrogen and oxygen atoms in total. The van der Waals surface area contributed by atoms with Crippen LogP contribution in [0.1, 0.15) is 27.2 Å². The second-order valence-electron chi connectivity index (χ2n) is 8.27. The maximum atomic E-state index is 13.0. The molecule has 1 aliphatic rings. The fraction of sp³-hybridized carbons (Fsp3) is 0.231. The van der Waals surface area contributed by atoms with Crippen molar-refractivity contribution in [3.63, 3.8) is 0 Å². The van der Waals surface area contributed by atoms with E-state index in [9.17, 15) is 4.79 Å². The molecule has 0 aliphatic carbocycles. The molecule has 5 rings (SSSR count). The van der Waals surface area contributed by atoms with Crippen molar-refractivity contribution in [1.82, 2.24) is 20.5 Å². The van der Waals surface area contributed by atoms with E-state index in [-0.39, 0.29) is 12.0 Å². The molecule has 0 saturated carbocycles. The van der Waals surface area contributed by atoms with E-state index >= 15 is 0 Å². The number of amides is 1. The van der Waals surface area contributed by atoms with Gasteiger partial charge in [-0.25, -0.2) is 0 Å². The molecule has 0 spiro atoms. The van der Waals surface area contributed by atoms with Crippen LogP contribution >= 0.6 is 0 Å². The van der Waals surface area contributed by atoms with Crippen molar-refractivity contribution < 1.29 is 14.3 Å². The van der Waals surface area contributed by atoms with Crippen molar-refractivity contribution in [2.75, 3.05) is 13.7 Å². The first-order valence-corrected chi connectivity index (χ1v) is 10.8. The van der Waals surface area contributed by atoms with Gasteiger partial charge in [0.2, 0.25) is 5.88 Å². The molecule has 1 unspecified atom stereocenters. The predicted molar refractivity (Wildman–Crippen MR) is 126 cm³/mol. The van der Waals surface area contributed by atoms with Gasteiger partial charge in [-0.05, 0) is 61.9 Å². The summed E-state index contributed by atoms with van der Waals surface area (Å²) < 4.78 is 11.1. The van der Waals surface area contributed by atoms with Gasteiger partial charge < -0.3 is 14.8 Å². The Kier molecular flexibility index (Phi) is 5.38. The summed E-state index contributed by atoms with van der Waals surface area (Å²) >= 11 is 0. The van der Waals surface area contributed by atoms with Crippen molar-refractivity contribution >= 4 is 16.8 Å². The van der Waals surface area contributed by atoms with Gasteiger partial charge in [0.05, 0.1) is 30.4 Å². The molecule has 2 aromatic heterocycles. The van der Waals surface area contributed by atoms with Crippen LogP contribution in [-0.4, -0.2) is 40.8 Å². The van der Waals surface area contributed by atoms with Crippen LogP contribution in [0.15, 0.2) is 54.6 Å². The number of carbonyl (C=O) groups is 1. The van der Waals surface area contributed by atoms with E-state index in [0.29, 0.717) is 24.4 Å². The quantitative estimate of drug-likeness (QED) is 0.504. The van der Waals surface area contributed by atoms with Gasteiger partial charge in [0.1, 0.15) is 11.9 Å². The molecule has 1 amide bonds. The van der Waals surface area contributed by atoms with Crippen LogP contribution in [0.5, 0.6) is 11.6 Å². The molecule has 0 saturated heterocycles. The minimum Gasteiger partial charge on any atom is -0.488 e. The number of carbonyl (C=O) groups excluding carboxylic acids is 1. The Labute approximate surface area is 191 Å². The van der Waals surface area contributed by atoms with Crippen LogP contribution in [0.4, 0.5) is 0 Å². The summed E-state index contributed by atoms with van der Waals surface area (Å²) in [6.07, 6.45) is 0.583. The van der Waals surface area contributed by atoms with Crippen molar-refractivity contribution in [1.29, 1.82) is 0 Å². The van der Waals surface area contributed by atoms with Gasteiger partial charge in [-0.1, -0.05) is 11.6 Å². The lowest BCUT2D eigenvalue weighted by Gasteiger charge is -2.13. The van der Waals surface area contributed by atoms with Gasteiger partial charge in [-0.3, -0.25) is 9.78 Å². The summed E-state index contributed by atoms with van der Waals surface area (Å²) in [6.45, 7) is 4.33. The third-order valence-electron chi connectivity index (χ3n) is 5.77. The van der Waals surface area contributed by atoms with Crippen LogP contribution in [0, 0.1) is 13.8 Å². The first kappa shape index (κ1) is 20.9. The number of ether oxygens (including phenoxy) is 2. The van der Waals surface area contributed by atoms with Gasteiger partial charge >= 0.3 is 0 Å². The number of nitrogens with zero attached hydrogens (tertiary/aromatic N) is 3. The molecule has 0 bridgehead atoms. The largest absolute Gasteiger partial charge is 0.488 e. The number of methoxy groups -OCH3 is 1. The minimum atomic E-state index is -0.128. The number of rotatable bonds is 5. The molecule has 1 N–H and O–H groups in total. The number of hydrogen-bond donors (Lipinski definition) is 1. The van der Waals surface area contributed by atoms with Crippen molar-refractivity contribution in [3.8, 4) is 22.9 Å². The highest BCUT2D eigenvalue weighted by molar-refractivity contribution is 6.06.